The Bertz CT molecular complexity index is 823. The van der Waals surface area contributed by atoms with Gasteiger partial charge in [0.05, 0.1) is 32.0 Å². The van der Waals surface area contributed by atoms with E-state index in [1.54, 1.807) is 12.1 Å². The molecule has 0 aromatic heterocycles. The molecule has 1 spiro atoms. The van der Waals surface area contributed by atoms with Crippen molar-refractivity contribution in [2.24, 2.45) is 11.3 Å². The summed E-state index contributed by atoms with van der Waals surface area (Å²) in [6.07, 6.45) is 6.51. The number of ether oxygens (including phenoxy) is 2. The number of nitrogens with zero attached hydrogens (tertiary/aromatic N) is 1. The second-order valence-electron chi connectivity index (χ2n) is 10.2. The highest BCUT2D eigenvalue weighted by Crippen LogP contribution is 2.54. The maximum absolute atomic E-state index is 12.3. The number of carbonyl (C=O) groups is 2. The van der Waals surface area contributed by atoms with Crippen molar-refractivity contribution < 1.29 is 29.3 Å². The Morgan fingerprint density at radius 1 is 1.18 bits per heavy atom. The summed E-state index contributed by atoms with van der Waals surface area (Å²) in [7, 11) is 0. The maximum atomic E-state index is 12.3. The largest absolute Gasteiger partial charge is 0.494 e. The van der Waals surface area contributed by atoms with Crippen LogP contribution in [0.2, 0.25) is 0 Å². The lowest BCUT2D eigenvalue weighted by molar-refractivity contribution is -0.0203. The molecular formula is C26H40N2O6. The molecule has 0 radical (unpaired) electrons. The Morgan fingerprint density at radius 2 is 1.85 bits per heavy atom. The maximum Gasteiger partial charge on any atom is 0.410 e. The molecule has 2 amide bonds. The average Bonchev–Trinajstić information content (AvgIpc) is 2.78. The van der Waals surface area contributed by atoms with Crippen LogP contribution in [0.15, 0.2) is 18.2 Å². The Kier molecular flexibility index (Phi) is 9.19. The van der Waals surface area contributed by atoms with E-state index in [2.05, 4.69) is 5.32 Å². The van der Waals surface area contributed by atoms with Gasteiger partial charge in [-0.25, -0.2) is 4.79 Å². The highest BCUT2D eigenvalue weighted by molar-refractivity contribution is 5.96. The normalized spacial score (nSPS) is 17.7. The molecule has 1 aliphatic heterocycles. The van der Waals surface area contributed by atoms with Gasteiger partial charge < -0.3 is 29.9 Å². The van der Waals surface area contributed by atoms with Crippen LogP contribution in [0.4, 0.5) is 4.79 Å². The van der Waals surface area contributed by atoms with Crippen molar-refractivity contribution in [3.8, 4) is 5.75 Å². The Morgan fingerprint density at radius 3 is 2.44 bits per heavy atom. The molecule has 3 N–H and O–H groups in total. The van der Waals surface area contributed by atoms with Crippen LogP contribution in [-0.4, -0.2) is 72.2 Å². The summed E-state index contributed by atoms with van der Waals surface area (Å²) >= 11 is 0. The number of aliphatic hydroxyl groups is 2. The zero-order chi connectivity index (χ0) is 24.7. The fourth-order valence-electron chi connectivity index (χ4n) is 5.17. The van der Waals surface area contributed by atoms with E-state index >= 15 is 0 Å². The molecule has 34 heavy (non-hydrogen) atoms. The number of carbonyl (C=O) groups excluding carboxylic acids is 2. The minimum atomic E-state index is -0.664. The molecule has 0 atom stereocenters. The summed E-state index contributed by atoms with van der Waals surface area (Å²) in [5, 5.41) is 20.9. The SMILES string of the molecule is Cc1cc(OCCCC2CC3(CCN(C(=O)OC(C)C)CC3)C2)ccc1C(=O)NC(CO)CO. The topological polar surface area (TPSA) is 108 Å². The number of rotatable bonds is 10. The van der Waals surface area contributed by atoms with Crippen molar-refractivity contribution in [2.75, 3.05) is 32.9 Å². The summed E-state index contributed by atoms with van der Waals surface area (Å²) in [6.45, 7) is 7.23. The summed E-state index contributed by atoms with van der Waals surface area (Å²) in [6, 6.07) is 4.68. The van der Waals surface area contributed by atoms with E-state index in [0.29, 0.717) is 17.6 Å². The summed E-state index contributed by atoms with van der Waals surface area (Å²) in [5.74, 6) is 1.15. The van der Waals surface area contributed by atoms with Gasteiger partial charge in [-0.3, -0.25) is 4.79 Å². The molecule has 1 saturated heterocycles. The molecule has 0 bridgehead atoms. The lowest BCUT2D eigenvalue weighted by Gasteiger charge is -2.52. The quantitative estimate of drug-likeness (QED) is 0.447. The molecule has 1 aromatic carbocycles. The zero-order valence-corrected chi connectivity index (χ0v) is 20.7. The van der Waals surface area contributed by atoms with Gasteiger partial charge in [-0.05, 0) is 94.4 Å². The van der Waals surface area contributed by atoms with E-state index in [9.17, 15) is 9.59 Å². The van der Waals surface area contributed by atoms with Crippen molar-refractivity contribution in [1.29, 1.82) is 0 Å². The van der Waals surface area contributed by atoms with Crippen LogP contribution in [-0.2, 0) is 4.74 Å². The summed E-state index contributed by atoms with van der Waals surface area (Å²) < 4.78 is 11.2. The lowest BCUT2D eigenvalue weighted by atomic mass is 9.56. The zero-order valence-electron chi connectivity index (χ0n) is 20.7. The number of aliphatic hydroxyl groups excluding tert-OH is 2. The van der Waals surface area contributed by atoms with Crippen LogP contribution in [0.1, 0.15) is 68.3 Å². The predicted molar refractivity (Wildman–Crippen MR) is 129 cm³/mol. The van der Waals surface area contributed by atoms with E-state index in [1.807, 2.05) is 31.7 Å². The summed E-state index contributed by atoms with van der Waals surface area (Å²) in [5.41, 5.74) is 1.70. The van der Waals surface area contributed by atoms with Crippen molar-refractivity contribution in [3.63, 3.8) is 0 Å². The number of hydrogen-bond acceptors (Lipinski definition) is 6. The average molecular weight is 477 g/mol. The van der Waals surface area contributed by atoms with Crippen molar-refractivity contribution in [3.05, 3.63) is 29.3 Å². The van der Waals surface area contributed by atoms with E-state index in [1.165, 1.54) is 12.8 Å². The number of amides is 2. The lowest BCUT2D eigenvalue weighted by Crippen LogP contribution is -2.49. The van der Waals surface area contributed by atoms with Crippen LogP contribution < -0.4 is 10.1 Å². The van der Waals surface area contributed by atoms with Gasteiger partial charge in [-0.2, -0.15) is 0 Å². The van der Waals surface area contributed by atoms with Gasteiger partial charge in [0.2, 0.25) is 0 Å². The standard InChI is InChI=1S/C26H40N2O6/c1-18(2)34-25(32)28-10-8-26(9-11-28)14-20(15-26)5-4-12-33-22-6-7-23(19(3)13-22)24(31)27-21(16-29)17-30/h6-7,13,18,20-21,29-30H,4-5,8-12,14-17H2,1-3H3,(H,27,31). The smallest absolute Gasteiger partial charge is 0.410 e. The Hall–Kier alpha value is -2.32. The molecule has 0 unspecified atom stereocenters. The van der Waals surface area contributed by atoms with E-state index in [-0.39, 0.29) is 31.3 Å². The summed E-state index contributed by atoms with van der Waals surface area (Å²) in [4.78, 5) is 26.2. The number of likely N-dealkylation sites (tertiary alicyclic amines) is 1. The van der Waals surface area contributed by atoms with E-state index in [4.69, 9.17) is 19.7 Å². The molecular weight excluding hydrogens is 436 g/mol. The molecule has 1 heterocycles. The number of piperidine rings is 1. The van der Waals surface area contributed by atoms with Gasteiger partial charge in [-0.1, -0.05) is 0 Å². The molecule has 1 saturated carbocycles. The number of hydrogen-bond donors (Lipinski definition) is 3. The van der Waals surface area contributed by atoms with Gasteiger partial charge in [-0.15, -0.1) is 0 Å². The third-order valence-corrected chi connectivity index (χ3v) is 7.11. The first kappa shape index (κ1) is 26.3. The van der Waals surface area contributed by atoms with Crippen molar-refractivity contribution in [1.82, 2.24) is 10.2 Å². The Balaban J connectivity index is 1.34. The Labute approximate surface area is 202 Å². The predicted octanol–water partition coefficient (Wildman–Crippen LogP) is 3.27. The first-order valence-electron chi connectivity index (χ1n) is 12.5. The molecule has 3 rings (SSSR count). The van der Waals surface area contributed by atoms with Crippen molar-refractivity contribution in [2.45, 2.75) is 71.4 Å². The first-order chi connectivity index (χ1) is 16.2. The number of aryl methyl sites for hydroxylation is 1. The van der Waals surface area contributed by atoms with Gasteiger partial charge in [0, 0.05) is 18.7 Å². The van der Waals surface area contributed by atoms with Gasteiger partial charge in [0.15, 0.2) is 0 Å². The second-order valence-corrected chi connectivity index (χ2v) is 10.2. The number of nitrogens with one attached hydrogen (secondary N) is 1. The highest BCUT2D eigenvalue weighted by atomic mass is 16.6. The molecule has 2 fully saturated rings. The second kappa shape index (κ2) is 11.9. The van der Waals surface area contributed by atoms with Gasteiger partial charge in [0.25, 0.3) is 5.91 Å². The molecule has 8 nitrogen and oxygen atoms in total. The fourth-order valence-corrected chi connectivity index (χ4v) is 5.17. The van der Waals surface area contributed by atoms with Gasteiger partial charge >= 0.3 is 6.09 Å². The minimum absolute atomic E-state index is 0.0726. The third-order valence-electron chi connectivity index (χ3n) is 7.11. The van der Waals surface area contributed by atoms with Crippen LogP contribution in [0, 0.1) is 18.3 Å². The minimum Gasteiger partial charge on any atom is -0.494 e. The van der Waals surface area contributed by atoms with Gasteiger partial charge in [0.1, 0.15) is 5.75 Å². The molecule has 1 aliphatic carbocycles. The monoisotopic (exact) mass is 476 g/mol. The fraction of sp³-hybridized carbons (Fsp3) is 0.692. The van der Waals surface area contributed by atoms with Crippen LogP contribution in [0.25, 0.3) is 0 Å². The first-order valence-corrected chi connectivity index (χ1v) is 12.5. The van der Waals surface area contributed by atoms with Crippen molar-refractivity contribution >= 4 is 12.0 Å². The van der Waals surface area contributed by atoms with Crippen LogP contribution in [0.3, 0.4) is 0 Å². The van der Waals surface area contributed by atoms with E-state index < -0.39 is 6.04 Å². The molecule has 190 valence electrons. The number of benzene rings is 1. The van der Waals surface area contributed by atoms with Crippen LogP contribution >= 0.6 is 0 Å². The molecule has 2 aliphatic rings. The highest BCUT2D eigenvalue weighted by Gasteiger charge is 2.46. The molecule has 1 aromatic rings. The van der Waals surface area contributed by atoms with E-state index in [0.717, 1.165) is 56.0 Å². The van der Waals surface area contributed by atoms with Crippen LogP contribution in [0.5, 0.6) is 5.75 Å². The third kappa shape index (κ3) is 6.85. The molecule has 8 heteroatoms.